The number of benzene rings is 1. The highest BCUT2D eigenvalue weighted by Gasteiger charge is 2.16. The van der Waals surface area contributed by atoms with E-state index in [0.29, 0.717) is 16.8 Å². The number of carbonyl (C=O) groups excluding carboxylic acids is 1. The highest BCUT2D eigenvalue weighted by molar-refractivity contribution is 7.20. The van der Waals surface area contributed by atoms with E-state index in [1.165, 1.54) is 17.4 Å². The number of aromatic amines is 1. The van der Waals surface area contributed by atoms with Crippen LogP contribution in [0.25, 0.3) is 10.1 Å². The van der Waals surface area contributed by atoms with E-state index in [4.69, 9.17) is 0 Å². The van der Waals surface area contributed by atoms with Crippen LogP contribution < -0.4 is 0 Å². The van der Waals surface area contributed by atoms with Crippen molar-refractivity contribution in [3.63, 3.8) is 0 Å². The fourth-order valence-electron chi connectivity index (χ4n) is 2.03. The summed E-state index contributed by atoms with van der Waals surface area (Å²) >= 11 is 1.31. The molecule has 4 nitrogen and oxygen atoms in total. The van der Waals surface area contributed by atoms with E-state index in [-0.39, 0.29) is 11.7 Å². The van der Waals surface area contributed by atoms with Crippen molar-refractivity contribution >= 4 is 27.3 Å². The summed E-state index contributed by atoms with van der Waals surface area (Å²) in [4.78, 5) is 14.5. The van der Waals surface area contributed by atoms with E-state index in [1.54, 1.807) is 36.5 Å². The van der Waals surface area contributed by atoms with Crippen molar-refractivity contribution in [1.29, 1.82) is 0 Å². The maximum Gasteiger partial charge on any atom is 0.264 e. The van der Waals surface area contributed by atoms with Gasteiger partial charge in [-0.2, -0.15) is 5.10 Å². The molecule has 1 N–H and O–H groups in total. The second-order valence-corrected chi connectivity index (χ2v) is 5.61. The first-order valence-corrected chi connectivity index (χ1v) is 6.88. The van der Waals surface area contributed by atoms with Gasteiger partial charge in [-0.25, -0.2) is 4.39 Å². The number of fused-ring (bicyclic) bond motifs is 1. The lowest BCUT2D eigenvalue weighted by molar-refractivity contribution is 0.0790. The first kappa shape index (κ1) is 12.8. The molecule has 0 aliphatic carbocycles. The number of rotatable bonds is 3. The number of carbonyl (C=O) groups is 1. The van der Waals surface area contributed by atoms with Gasteiger partial charge in [-0.1, -0.05) is 6.07 Å². The number of nitrogens with one attached hydrogen (secondary N) is 1. The van der Waals surface area contributed by atoms with E-state index in [1.807, 2.05) is 6.07 Å². The number of hydrogen-bond acceptors (Lipinski definition) is 3. The first-order chi connectivity index (χ1) is 9.65. The van der Waals surface area contributed by atoms with Gasteiger partial charge in [0, 0.05) is 35.4 Å². The normalized spacial score (nSPS) is 10.9. The molecule has 0 saturated carbocycles. The largest absolute Gasteiger partial charge is 0.337 e. The third-order valence-corrected chi connectivity index (χ3v) is 4.13. The van der Waals surface area contributed by atoms with Gasteiger partial charge in [-0.05, 0) is 18.2 Å². The van der Waals surface area contributed by atoms with Crippen LogP contribution in [0.2, 0.25) is 0 Å². The molecule has 3 aromatic rings. The Balaban J connectivity index is 1.86. The maximum atomic E-state index is 13.6. The fraction of sp³-hybridized carbons (Fsp3) is 0.143. The fourth-order valence-corrected chi connectivity index (χ4v) is 3.10. The summed E-state index contributed by atoms with van der Waals surface area (Å²) in [6.45, 7) is 0.464. The van der Waals surface area contributed by atoms with Crippen LogP contribution >= 0.6 is 11.3 Å². The molecule has 0 radical (unpaired) electrons. The molecular formula is C14H12FN3OS. The molecule has 0 fully saturated rings. The van der Waals surface area contributed by atoms with E-state index < -0.39 is 0 Å². The van der Waals surface area contributed by atoms with Crippen LogP contribution in [0.1, 0.15) is 15.2 Å². The lowest BCUT2D eigenvalue weighted by Crippen LogP contribution is -2.25. The molecule has 20 heavy (non-hydrogen) atoms. The average Bonchev–Trinajstić information content (AvgIpc) is 3.07. The van der Waals surface area contributed by atoms with Gasteiger partial charge in [-0.3, -0.25) is 9.89 Å². The Kier molecular flexibility index (Phi) is 3.23. The van der Waals surface area contributed by atoms with Crippen molar-refractivity contribution in [3.05, 3.63) is 52.9 Å². The molecule has 0 aliphatic rings. The SMILES string of the molecule is CN(Cc1cn[nH]c1)C(=O)c1cc2c(F)cccc2s1. The number of halogens is 1. The van der Waals surface area contributed by atoms with Crippen molar-refractivity contribution in [2.75, 3.05) is 7.05 Å². The number of aromatic nitrogens is 2. The summed E-state index contributed by atoms with van der Waals surface area (Å²) in [5.74, 6) is -0.415. The van der Waals surface area contributed by atoms with Crippen molar-refractivity contribution in [2.45, 2.75) is 6.54 Å². The summed E-state index contributed by atoms with van der Waals surface area (Å²) in [7, 11) is 1.72. The molecule has 0 atom stereocenters. The topological polar surface area (TPSA) is 49.0 Å². The number of amides is 1. The van der Waals surface area contributed by atoms with Gasteiger partial charge in [0.25, 0.3) is 5.91 Å². The molecule has 2 heterocycles. The predicted octanol–water partition coefficient (Wildman–Crippen LogP) is 3.04. The zero-order chi connectivity index (χ0) is 14.1. The highest BCUT2D eigenvalue weighted by Crippen LogP contribution is 2.28. The molecule has 0 aliphatic heterocycles. The number of nitrogens with zero attached hydrogens (tertiary/aromatic N) is 2. The number of hydrogen-bond donors (Lipinski definition) is 1. The summed E-state index contributed by atoms with van der Waals surface area (Å²) in [5, 5.41) is 7.05. The molecule has 0 spiro atoms. The molecule has 1 aromatic carbocycles. The minimum atomic E-state index is -0.296. The van der Waals surface area contributed by atoms with E-state index >= 15 is 0 Å². The molecule has 0 saturated heterocycles. The van der Waals surface area contributed by atoms with Gasteiger partial charge in [-0.15, -0.1) is 11.3 Å². The van der Waals surface area contributed by atoms with E-state index in [9.17, 15) is 9.18 Å². The van der Waals surface area contributed by atoms with Crippen molar-refractivity contribution in [1.82, 2.24) is 15.1 Å². The number of H-pyrrole nitrogens is 1. The molecular weight excluding hydrogens is 277 g/mol. The zero-order valence-corrected chi connectivity index (χ0v) is 11.6. The molecule has 3 rings (SSSR count). The minimum absolute atomic E-state index is 0.119. The molecule has 0 unspecified atom stereocenters. The van der Waals surface area contributed by atoms with Crippen molar-refractivity contribution < 1.29 is 9.18 Å². The van der Waals surface area contributed by atoms with Crippen LogP contribution in [-0.4, -0.2) is 28.1 Å². The Morgan fingerprint density at radius 3 is 3.05 bits per heavy atom. The van der Waals surface area contributed by atoms with Gasteiger partial charge in [0.05, 0.1) is 11.1 Å². The summed E-state index contributed by atoms with van der Waals surface area (Å²) < 4.78 is 14.4. The van der Waals surface area contributed by atoms with E-state index in [2.05, 4.69) is 10.2 Å². The van der Waals surface area contributed by atoms with Crippen molar-refractivity contribution in [2.24, 2.45) is 0 Å². The van der Waals surface area contributed by atoms with Gasteiger partial charge in [0.2, 0.25) is 0 Å². The summed E-state index contributed by atoms with van der Waals surface area (Å²) in [6.07, 6.45) is 3.42. The Bertz CT molecular complexity index is 751. The lowest BCUT2D eigenvalue weighted by atomic mass is 10.2. The summed E-state index contributed by atoms with van der Waals surface area (Å²) in [6, 6.07) is 6.48. The molecule has 0 bridgehead atoms. The monoisotopic (exact) mass is 289 g/mol. The first-order valence-electron chi connectivity index (χ1n) is 6.06. The molecule has 6 heteroatoms. The van der Waals surface area contributed by atoms with Gasteiger partial charge < -0.3 is 4.90 Å². The third kappa shape index (κ3) is 2.30. The van der Waals surface area contributed by atoms with Crippen LogP contribution in [0.4, 0.5) is 4.39 Å². The van der Waals surface area contributed by atoms with Crippen LogP contribution in [0.15, 0.2) is 36.7 Å². The Labute approximate surface area is 118 Å². The van der Waals surface area contributed by atoms with Crippen LogP contribution in [0.3, 0.4) is 0 Å². The van der Waals surface area contributed by atoms with Crippen LogP contribution in [0, 0.1) is 5.82 Å². The van der Waals surface area contributed by atoms with Crippen molar-refractivity contribution in [3.8, 4) is 0 Å². The quantitative estimate of drug-likeness (QED) is 0.805. The van der Waals surface area contributed by atoms with Gasteiger partial charge in [0.15, 0.2) is 0 Å². The molecule has 2 aromatic heterocycles. The van der Waals surface area contributed by atoms with Gasteiger partial charge >= 0.3 is 0 Å². The molecule has 102 valence electrons. The number of thiophene rings is 1. The third-order valence-electron chi connectivity index (χ3n) is 3.04. The minimum Gasteiger partial charge on any atom is -0.337 e. The Morgan fingerprint density at radius 2 is 2.35 bits per heavy atom. The average molecular weight is 289 g/mol. The Hall–Kier alpha value is -2.21. The highest BCUT2D eigenvalue weighted by atomic mass is 32.1. The second kappa shape index (κ2) is 5.05. The smallest absolute Gasteiger partial charge is 0.264 e. The standard InChI is InChI=1S/C14H12FN3OS/c1-18(8-9-6-16-17-7-9)14(19)13-5-10-11(15)3-2-4-12(10)20-13/h2-7H,8H2,1H3,(H,16,17). The second-order valence-electron chi connectivity index (χ2n) is 4.53. The zero-order valence-electron chi connectivity index (χ0n) is 10.8. The summed E-state index contributed by atoms with van der Waals surface area (Å²) in [5.41, 5.74) is 0.924. The van der Waals surface area contributed by atoms with Crippen LogP contribution in [0.5, 0.6) is 0 Å². The van der Waals surface area contributed by atoms with Crippen LogP contribution in [-0.2, 0) is 6.54 Å². The lowest BCUT2D eigenvalue weighted by Gasteiger charge is -2.14. The van der Waals surface area contributed by atoms with E-state index in [0.717, 1.165) is 10.3 Å². The molecule has 1 amide bonds. The van der Waals surface area contributed by atoms with Gasteiger partial charge in [0.1, 0.15) is 5.82 Å². The predicted molar refractivity (Wildman–Crippen MR) is 76.2 cm³/mol. The maximum absolute atomic E-state index is 13.6. The Morgan fingerprint density at radius 1 is 1.50 bits per heavy atom.